The maximum Gasteiger partial charge on any atom is 0.315 e. The van der Waals surface area contributed by atoms with Gasteiger partial charge in [0.15, 0.2) is 0 Å². The van der Waals surface area contributed by atoms with Crippen molar-refractivity contribution in [2.24, 2.45) is 5.92 Å². The summed E-state index contributed by atoms with van der Waals surface area (Å²) in [5.74, 6) is -1.17. The van der Waals surface area contributed by atoms with E-state index in [2.05, 4.69) is 10.6 Å². The van der Waals surface area contributed by atoms with E-state index in [4.69, 9.17) is 4.74 Å². The number of hydrogen-bond donors (Lipinski definition) is 3. The molecule has 3 unspecified atom stereocenters. The molecule has 1 aliphatic carbocycles. The van der Waals surface area contributed by atoms with Crippen LogP contribution in [0.3, 0.4) is 0 Å². The minimum atomic E-state index is -0.798. The fourth-order valence-corrected chi connectivity index (χ4v) is 2.47. The normalized spacial score (nSPS) is 20.8. The molecule has 24 heavy (non-hydrogen) atoms. The van der Waals surface area contributed by atoms with Gasteiger partial charge in [0.05, 0.1) is 12.7 Å². The van der Waals surface area contributed by atoms with Crippen LogP contribution in [0.15, 0.2) is 18.2 Å². The Morgan fingerprint density at radius 2 is 2.00 bits per heavy atom. The summed E-state index contributed by atoms with van der Waals surface area (Å²) in [6.45, 7) is 4.74. The Morgan fingerprint density at radius 3 is 2.62 bits per heavy atom. The Morgan fingerprint density at radius 1 is 1.33 bits per heavy atom. The van der Waals surface area contributed by atoms with Gasteiger partial charge < -0.3 is 20.5 Å². The number of hydrogen-bond acceptors (Lipinski definition) is 3. The van der Waals surface area contributed by atoms with E-state index in [0.717, 1.165) is 0 Å². The molecule has 3 N–H and O–H groups in total. The van der Waals surface area contributed by atoms with Gasteiger partial charge in [-0.3, -0.25) is 0 Å². The summed E-state index contributed by atoms with van der Waals surface area (Å²) in [6, 6.07) is 2.96. The molecule has 0 saturated heterocycles. The number of urea groups is 1. The molecule has 0 heterocycles. The van der Waals surface area contributed by atoms with Crippen molar-refractivity contribution in [3.05, 3.63) is 35.4 Å². The van der Waals surface area contributed by atoms with Crippen molar-refractivity contribution in [3.8, 4) is 0 Å². The second-order valence-corrected chi connectivity index (χ2v) is 6.52. The van der Waals surface area contributed by atoms with Crippen LogP contribution in [0.2, 0.25) is 0 Å². The Kier molecular flexibility index (Phi) is 6.51. The summed E-state index contributed by atoms with van der Waals surface area (Å²) in [6.07, 6.45) is -0.306. The molecule has 1 saturated carbocycles. The number of aliphatic hydroxyl groups excluding tert-OH is 1. The third-order valence-corrected chi connectivity index (χ3v) is 3.74. The SMILES string of the molecule is CC(C)COCC(O)CNC(=O)NC1CC1c1c(F)cccc1F. The van der Waals surface area contributed by atoms with Crippen LogP contribution in [0.25, 0.3) is 0 Å². The van der Waals surface area contributed by atoms with E-state index in [1.807, 2.05) is 13.8 Å². The van der Waals surface area contributed by atoms with Crippen molar-refractivity contribution >= 4 is 6.03 Å². The molecule has 0 spiro atoms. The van der Waals surface area contributed by atoms with Gasteiger partial charge in [-0.1, -0.05) is 19.9 Å². The molecule has 0 radical (unpaired) electrons. The highest BCUT2D eigenvalue weighted by Crippen LogP contribution is 2.42. The van der Waals surface area contributed by atoms with Gasteiger partial charge in [-0.2, -0.15) is 0 Å². The zero-order chi connectivity index (χ0) is 17.7. The van der Waals surface area contributed by atoms with Crippen molar-refractivity contribution in [1.29, 1.82) is 0 Å². The summed E-state index contributed by atoms with van der Waals surface area (Å²) in [7, 11) is 0. The van der Waals surface area contributed by atoms with Gasteiger partial charge in [-0.15, -0.1) is 0 Å². The summed E-state index contributed by atoms with van der Waals surface area (Å²) in [5, 5.41) is 14.9. The maximum atomic E-state index is 13.7. The molecule has 5 nitrogen and oxygen atoms in total. The monoisotopic (exact) mass is 342 g/mol. The largest absolute Gasteiger partial charge is 0.389 e. The zero-order valence-electron chi connectivity index (χ0n) is 13.9. The van der Waals surface area contributed by atoms with Crippen LogP contribution in [0, 0.1) is 17.6 Å². The Hall–Kier alpha value is -1.73. The van der Waals surface area contributed by atoms with E-state index < -0.39 is 23.8 Å². The van der Waals surface area contributed by atoms with Crippen LogP contribution in [-0.2, 0) is 4.74 Å². The van der Waals surface area contributed by atoms with Gasteiger partial charge in [0.2, 0.25) is 0 Å². The number of rotatable bonds is 8. The average Bonchev–Trinajstić information content (AvgIpc) is 3.23. The van der Waals surface area contributed by atoms with E-state index in [1.165, 1.54) is 18.2 Å². The van der Waals surface area contributed by atoms with Gasteiger partial charge in [0, 0.05) is 30.7 Å². The number of ether oxygens (including phenoxy) is 1. The summed E-state index contributed by atoms with van der Waals surface area (Å²) < 4.78 is 32.6. The highest BCUT2D eigenvalue weighted by atomic mass is 19.1. The zero-order valence-corrected chi connectivity index (χ0v) is 13.9. The number of nitrogens with one attached hydrogen (secondary N) is 2. The van der Waals surface area contributed by atoms with E-state index in [1.54, 1.807) is 0 Å². The molecule has 7 heteroatoms. The quantitative estimate of drug-likeness (QED) is 0.678. The van der Waals surface area contributed by atoms with Crippen LogP contribution in [0.5, 0.6) is 0 Å². The highest BCUT2D eigenvalue weighted by molar-refractivity contribution is 5.75. The standard InChI is InChI=1S/C17H24F2N2O3/c1-10(2)8-24-9-11(22)7-20-17(23)21-15-6-12(15)16-13(18)4-3-5-14(16)19/h3-5,10-12,15,22H,6-9H2,1-2H3,(H2,20,21,23). The van der Waals surface area contributed by atoms with Gasteiger partial charge in [-0.05, 0) is 24.5 Å². The second-order valence-electron chi connectivity index (χ2n) is 6.52. The summed E-state index contributed by atoms with van der Waals surface area (Å²) >= 11 is 0. The number of carbonyl (C=O) groups excluding carboxylic acids is 1. The van der Waals surface area contributed by atoms with Crippen molar-refractivity contribution in [1.82, 2.24) is 10.6 Å². The number of amides is 2. The molecule has 1 aromatic rings. The fraction of sp³-hybridized carbons (Fsp3) is 0.588. The predicted molar refractivity (Wildman–Crippen MR) is 85.7 cm³/mol. The first-order valence-corrected chi connectivity index (χ1v) is 8.12. The lowest BCUT2D eigenvalue weighted by atomic mass is 10.1. The maximum absolute atomic E-state index is 13.7. The number of carbonyl (C=O) groups is 1. The lowest BCUT2D eigenvalue weighted by Crippen LogP contribution is -2.42. The lowest BCUT2D eigenvalue weighted by molar-refractivity contribution is 0.0272. The van der Waals surface area contributed by atoms with Gasteiger partial charge in [-0.25, -0.2) is 13.6 Å². The third-order valence-electron chi connectivity index (χ3n) is 3.74. The molecule has 1 aromatic carbocycles. The van der Waals surface area contributed by atoms with Crippen molar-refractivity contribution in [2.75, 3.05) is 19.8 Å². The molecule has 2 amide bonds. The molecule has 0 aromatic heterocycles. The molecular formula is C17H24F2N2O3. The molecule has 1 aliphatic rings. The minimum Gasteiger partial charge on any atom is -0.389 e. The predicted octanol–water partition coefficient (Wildman–Crippen LogP) is 2.15. The van der Waals surface area contributed by atoms with Crippen LogP contribution in [0.1, 0.15) is 31.7 Å². The molecule has 1 fully saturated rings. The topological polar surface area (TPSA) is 70.6 Å². The second kappa shape index (κ2) is 8.39. The van der Waals surface area contributed by atoms with Gasteiger partial charge >= 0.3 is 6.03 Å². The van der Waals surface area contributed by atoms with E-state index in [0.29, 0.717) is 18.9 Å². The fourth-order valence-electron chi connectivity index (χ4n) is 2.47. The summed E-state index contributed by atoms with van der Waals surface area (Å²) in [4.78, 5) is 11.8. The Labute approximate surface area is 140 Å². The first kappa shape index (κ1) is 18.6. The van der Waals surface area contributed by atoms with E-state index in [9.17, 15) is 18.7 Å². The molecule has 3 atom stereocenters. The Bertz CT molecular complexity index is 549. The number of halogens is 2. The minimum absolute atomic E-state index is 0.0184. The first-order chi connectivity index (χ1) is 11.4. The molecule has 0 aliphatic heterocycles. The molecule has 2 rings (SSSR count). The van der Waals surface area contributed by atoms with Crippen LogP contribution >= 0.6 is 0 Å². The molecular weight excluding hydrogens is 318 g/mol. The molecule has 0 bridgehead atoms. The average molecular weight is 342 g/mol. The third kappa shape index (κ3) is 5.42. The molecule has 134 valence electrons. The summed E-state index contributed by atoms with van der Waals surface area (Å²) in [5.41, 5.74) is 0.0184. The van der Waals surface area contributed by atoms with Crippen LogP contribution in [-0.4, -0.2) is 43.0 Å². The van der Waals surface area contributed by atoms with Crippen molar-refractivity contribution < 1.29 is 23.4 Å². The highest BCUT2D eigenvalue weighted by Gasteiger charge is 2.42. The van der Waals surface area contributed by atoms with Gasteiger partial charge in [0.25, 0.3) is 0 Å². The van der Waals surface area contributed by atoms with Crippen molar-refractivity contribution in [2.45, 2.75) is 38.3 Å². The number of benzene rings is 1. The lowest BCUT2D eigenvalue weighted by Gasteiger charge is -2.14. The van der Waals surface area contributed by atoms with Crippen LogP contribution < -0.4 is 10.6 Å². The van der Waals surface area contributed by atoms with Crippen LogP contribution in [0.4, 0.5) is 13.6 Å². The Balaban J connectivity index is 1.69. The van der Waals surface area contributed by atoms with Gasteiger partial charge in [0.1, 0.15) is 11.6 Å². The van der Waals surface area contributed by atoms with E-state index >= 15 is 0 Å². The van der Waals surface area contributed by atoms with E-state index in [-0.39, 0.29) is 30.7 Å². The first-order valence-electron chi connectivity index (χ1n) is 8.12. The smallest absolute Gasteiger partial charge is 0.315 e. The van der Waals surface area contributed by atoms with Crippen molar-refractivity contribution in [3.63, 3.8) is 0 Å². The number of aliphatic hydroxyl groups is 1.